The fraction of sp³-hybridized carbons (Fsp3) is 0.826. The number of rotatable bonds is 3. The highest BCUT2D eigenvalue weighted by Gasteiger charge is 2.62. The van der Waals surface area contributed by atoms with Gasteiger partial charge in [-0.1, -0.05) is 59.1 Å². The lowest BCUT2D eigenvalue weighted by Crippen LogP contribution is -2.58. The van der Waals surface area contributed by atoms with Crippen molar-refractivity contribution in [3.8, 4) is 6.07 Å². The van der Waals surface area contributed by atoms with E-state index in [1.807, 2.05) is 0 Å². The van der Waals surface area contributed by atoms with E-state index in [-0.39, 0.29) is 22.0 Å². The summed E-state index contributed by atoms with van der Waals surface area (Å²) >= 11 is 0. The molecule has 0 N–H and O–H groups in total. The van der Waals surface area contributed by atoms with Crippen LogP contribution < -0.4 is 0 Å². The van der Waals surface area contributed by atoms with Crippen LogP contribution in [-0.2, 0) is 4.79 Å². The number of carbonyl (C=O) groups excluding carboxylic acids is 1. The lowest BCUT2D eigenvalue weighted by molar-refractivity contribution is -0.146. The first kappa shape index (κ1) is 18.7. The smallest absolute Gasteiger partial charge is 0.155 e. The largest absolute Gasteiger partial charge is 0.298 e. The SMILES string of the molecule is CCCCC1CCC=C2C1(C)CC[C@H]1C(C)(C)C(=O)C(C#N)C[C@]21C. The van der Waals surface area contributed by atoms with E-state index >= 15 is 0 Å². The molecule has 0 aliphatic heterocycles. The van der Waals surface area contributed by atoms with Gasteiger partial charge in [-0.3, -0.25) is 4.79 Å². The molecule has 5 atom stereocenters. The molecule has 2 heteroatoms. The maximum Gasteiger partial charge on any atom is 0.155 e. The Balaban J connectivity index is 2.03. The zero-order valence-corrected chi connectivity index (χ0v) is 16.8. The topological polar surface area (TPSA) is 40.9 Å². The quantitative estimate of drug-likeness (QED) is 0.584. The molecule has 0 radical (unpaired) electrons. The summed E-state index contributed by atoms with van der Waals surface area (Å²) in [5.74, 6) is 0.892. The fourth-order valence-corrected chi connectivity index (χ4v) is 6.94. The molecule has 138 valence electrons. The van der Waals surface area contributed by atoms with Gasteiger partial charge in [0.2, 0.25) is 0 Å². The molecule has 3 aliphatic rings. The number of hydrogen-bond acceptors (Lipinski definition) is 2. The zero-order valence-electron chi connectivity index (χ0n) is 16.8. The number of hydrogen-bond donors (Lipinski definition) is 0. The normalized spacial score (nSPS) is 42.8. The molecule has 0 aromatic heterocycles. The summed E-state index contributed by atoms with van der Waals surface area (Å²) in [6.07, 6.45) is 12.0. The number of Topliss-reactive ketones (excluding diaryl/α,β-unsaturated/α-hetero) is 1. The minimum Gasteiger partial charge on any atom is -0.298 e. The molecule has 0 aromatic carbocycles. The molecule has 0 amide bonds. The summed E-state index contributed by atoms with van der Waals surface area (Å²) in [5.41, 5.74) is 1.50. The molecule has 2 nitrogen and oxygen atoms in total. The van der Waals surface area contributed by atoms with Crippen molar-refractivity contribution in [3.05, 3.63) is 11.6 Å². The molecule has 3 unspecified atom stereocenters. The number of fused-ring (bicyclic) bond motifs is 3. The maximum atomic E-state index is 12.9. The van der Waals surface area contributed by atoms with E-state index in [4.69, 9.17) is 0 Å². The van der Waals surface area contributed by atoms with Crippen molar-refractivity contribution in [2.45, 2.75) is 86.0 Å². The molecule has 0 heterocycles. The highest BCUT2D eigenvalue weighted by molar-refractivity contribution is 5.90. The Morgan fingerprint density at radius 3 is 2.56 bits per heavy atom. The standard InChI is InChI=1S/C23H35NO/c1-6-7-9-17-10-8-11-19-22(17,4)13-12-18-21(2,3)20(25)16(15-24)14-23(18,19)5/h11,16-18H,6-10,12-14H2,1-5H3/t16?,17?,18-,22?,23-/m0/s1. The first-order valence-electron chi connectivity index (χ1n) is 10.4. The van der Waals surface area contributed by atoms with Gasteiger partial charge in [-0.05, 0) is 61.2 Å². The Labute approximate surface area is 154 Å². The van der Waals surface area contributed by atoms with Crippen LogP contribution in [0.5, 0.6) is 0 Å². The van der Waals surface area contributed by atoms with Gasteiger partial charge in [-0.15, -0.1) is 0 Å². The van der Waals surface area contributed by atoms with Gasteiger partial charge in [0.25, 0.3) is 0 Å². The van der Waals surface area contributed by atoms with Gasteiger partial charge in [-0.25, -0.2) is 0 Å². The number of carbonyl (C=O) groups is 1. The summed E-state index contributed by atoms with van der Waals surface area (Å²) in [6.45, 7) is 11.4. The van der Waals surface area contributed by atoms with Crippen LogP contribution in [0.2, 0.25) is 0 Å². The molecule has 0 aromatic rings. The van der Waals surface area contributed by atoms with E-state index in [0.29, 0.717) is 5.92 Å². The van der Waals surface area contributed by atoms with Crippen LogP contribution in [0.4, 0.5) is 0 Å². The van der Waals surface area contributed by atoms with Gasteiger partial charge in [0.15, 0.2) is 5.78 Å². The maximum absolute atomic E-state index is 12.9. The van der Waals surface area contributed by atoms with E-state index in [9.17, 15) is 10.1 Å². The minimum atomic E-state index is -0.435. The third-order valence-corrected chi connectivity index (χ3v) is 8.23. The predicted molar refractivity (Wildman–Crippen MR) is 102 cm³/mol. The van der Waals surface area contributed by atoms with Crippen molar-refractivity contribution in [3.63, 3.8) is 0 Å². The van der Waals surface area contributed by atoms with Crippen LogP contribution in [0, 0.1) is 45.3 Å². The Hall–Kier alpha value is -1.10. The number of allylic oxidation sites excluding steroid dienone is 2. The van der Waals surface area contributed by atoms with Gasteiger partial charge >= 0.3 is 0 Å². The van der Waals surface area contributed by atoms with Gasteiger partial charge in [0, 0.05) is 5.41 Å². The van der Waals surface area contributed by atoms with Crippen LogP contribution >= 0.6 is 0 Å². The van der Waals surface area contributed by atoms with Crippen molar-refractivity contribution in [1.29, 1.82) is 5.26 Å². The second kappa shape index (κ2) is 6.26. The molecule has 2 fully saturated rings. The molecule has 3 aliphatic carbocycles. The van der Waals surface area contributed by atoms with Crippen molar-refractivity contribution in [2.75, 3.05) is 0 Å². The Morgan fingerprint density at radius 2 is 1.92 bits per heavy atom. The lowest BCUT2D eigenvalue weighted by Gasteiger charge is -2.62. The molecular weight excluding hydrogens is 306 g/mol. The van der Waals surface area contributed by atoms with Gasteiger partial charge < -0.3 is 0 Å². The highest BCUT2D eigenvalue weighted by atomic mass is 16.1. The van der Waals surface area contributed by atoms with Crippen LogP contribution in [0.1, 0.15) is 86.0 Å². The summed E-state index contributed by atoms with van der Waals surface area (Å²) in [4.78, 5) is 12.9. The summed E-state index contributed by atoms with van der Waals surface area (Å²) in [5, 5.41) is 9.64. The Bertz CT molecular complexity index is 624. The number of nitriles is 1. The number of ketones is 1. The first-order valence-corrected chi connectivity index (χ1v) is 10.4. The second-order valence-electron chi connectivity index (χ2n) is 9.93. The van der Waals surface area contributed by atoms with E-state index < -0.39 is 5.92 Å². The average Bonchev–Trinajstić information content (AvgIpc) is 2.56. The highest BCUT2D eigenvalue weighted by Crippen LogP contribution is 2.67. The minimum absolute atomic E-state index is 0.00961. The summed E-state index contributed by atoms with van der Waals surface area (Å²) in [7, 11) is 0. The molecule has 0 saturated heterocycles. The van der Waals surface area contributed by atoms with E-state index in [2.05, 4.69) is 46.8 Å². The van der Waals surface area contributed by atoms with Crippen LogP contribution in [-0.4, -0.2) is 5.78 Å². The van der Waals surface area contributed by atoms with E-state index in [0.717, 1.165) is 18.8 Å². The van der Waals surface area contributed by atoms with Gasteiger partial charge in [0.05, 0.1) is 6.07 Å². The molecule has 25 heavy (non-hydrogen) atoms. The second-order valence-corrected chi connectivity index (χ2v) is 9.93. The van der Waals surface area contributed by atoms with E-state index in [1.54, 1.807) is 5.57 Å². The van der Waals surface area contributed by atoms with E-state index in [1.165, 1.54) is 38.5 Å². The third-order valence-electron chi connectivity index (χ3n) is 8.23. The predicted octanol–water partition coefficient (Wildman–Crippen LogP) is 6.07. The molecule has 0 bridgehead atoms. The monoisotopic (exact) mass is 341 g/mol. The Morgan fingerprint density at radius 1 is 1.20 bits per heavy atom. The van der Waals surface area contributed by atoms with Crippen molar-refractivity contribution in [1.82, 2.24) is 0 Å². The lowest BCUT2D eigenvalue weighted by atomic mass is 9.41. The Kier molecular flexibility index (Phi) is 4.68. The van der Waals surface area contributed by atoms with Gasteiger partial charge in [0.1, 0.15) is 5.92 Å². The number of unbranched alkanes of at least 4 members (excludes halogenated alkanes) is 1. The average molecular weight is 342 g/mol. The van der Waals surface area contributed by atoms with Crippen LogP contribution in [0.25, 0.3) is 0 Å². The summed E-state index contributed by atoms with van der Waals surface area (Å²) in [6, 6.07) is 2.34. The van der Waals surface area contributed by atoms with Crippen molar-refractivity contribution in [2.24, 2.45) is 34.0 Å². The zero-order chi connectivity index (χ0) is 18.5. The van der Waals surface area contributed by atoms with Crippen LogP contribution in [0.3, 0.4) is 0 Å². The first-order chi connectivity index (χ1) is 11.7. The van der Waals surface area contributed by atoms with Crippen molar-refractivity contribution >= 4 is 5.78 Å². The molecular formula is C23H35NO. The molecule has 3 rings (SSSR count). The van der Waals surface area contributed by atoms with Crippen LogP contribution in [0.15, 0.2) is 11.6 Å². The number of nitrogens with zero attached hydrogens (tertiary/aromatic N) is 1. The fourth-order valence-electron chi connectivity index (χ4n) is 6.94. The van der Waals surface area contributed by atoms with Gasteiger partial charge in [-0.2, -0.15) is 5.26 Å². The third kappa shape index (κ3) is 2.61. The molecule has 2 saturated carbocycles. The van der Waals surface area contributed by atoms with Crippen molar-refractivity contribution < 1.29 is 4.79 Å². The summed E-state index contributed by atoms with van der Waals surface area (Å²) < 4.78 is 0. The molecule has 0 spiro atoms.